The highest BCUT2D eigenvalue weighted by molar-refractivity contribution is 8.32. The zero-order valence-corrected chi connectivity index (χ0v) is 9.66. The Kier molecular flexibility index (Phi) is 4.84. The van der Waals surface area contributed by atoms with Gasteiger partial charge in [0.2, 0.25) is 0 Å². The summed E-state index contributed by atoms with van der Waals surface area (Å²) in [6.45, 7) is 1.85. The SMILES string of the molecule is CCC(=O)SC(=S)Cc1ccccc1. The molecule has 0 atom stereocenters. The molecule has 74 valence electrons. The van der Waals surface area contributed by atoms with Crippen molar-refractivity contribution in [3.8, 4) is 0 Å². The van der Waals surface area contributed by atoms with Gasteiger partial charge in [0.15, 0.2) is 5.12 Å². The molecular weight excluding hydrogens is 212 g/mol. The summed E-state index contributed by atoms with van der Waals surface area (Å²) in [7, 11) is 0. The molecule has 0 unspecified atom stereocenters. The van der Waals surface area contributed by atoms with Gasteiger partial charge in [-0.25, -0.2) is 0 Å². The van der Waals surface area contributed by atoms with E-state index < -0.39 is 0 Å². The van der Waals surface area contributed by atoms with Gasteiger partial charge in [-0.1, -0.05) is 49.5 Å². The van der Waals surface area contributed by atoms with Crippen molar-refractivity contribution in [2.24, 2.45) is 0 Å². The molecule has 0 aliphatic rings. The molecule has 0 aliphatic heterocycles. The molecule has 0 amide bonds. The number of carbonyl (C=O) groups excluding carboxylic acids is 1. The van der Waals surface area contributed by atoms with Crippen molar-refractivity contribution >= 4 is 33.3 Å². The highest BCUT2D eigenvalue weighted by Crippen LogP contribution is 2.13. The van der Waals surface area contributed by atoms with Gasteiger partial charge in [-0.2, -0.15) is 0 Å². The molecule has 3 heteroatoms. The van der Waals surface area contributed by atoms with Gasteiger partial charge in [0.05, 0.1) is 4.20 Å². The molecule has 0 radical (unpaired) electrons. The minimum absolute atomic E-state index is 0.144. The Balaban J connectivity index is 2.46. The Morgan fingerprint density at radius 1 is 1.36 bits per heavy atom. The van der Waals surface area contributed by atoms with Crippen LogP contribution < -0.4 is 0 Å². The lowest BCUT2D eigenvalue weighted by atomic mass is 10.2. The predicted molar refractivity (Wildman–Crippen MR) is 65.6 cm³/mol. The molecule has 1 aromatic rings. The summed E-state index contributed by atoms with van der Waals surface area (Å²) in [5.41, 5.74) is 1.16. The summed E-state index contributed by atoms with van der Waals surface area (Å²) in [5.74, 6) is 0. The maximum absolute atomic E-state index is 11.1. The Hall–Kier alpha value is -0.670. The fourth-order valence-electron chi connectivity index (χ4n) is 0.998. The summed E-state index contributed by atoms with van der Waals surface area (Å²) in [4.78, 5) is 11.1. The van der Waals surface area contributed by atoms with Gasteiger partial charge in [0.1, 0.15) is 0 Å². The van der Waals surface area contributed by atoms with Gasteiger partial charge in [0.25, 0.3) is 0 Å². The van der Waals surface area contributed by atoms with Crippen LogP contribution in [0.3, 0.4) is 0 Å². The van der Waals surface area contributed by atoms with Gasteiger partial charge in [-0.05, 0) is 17.3 Å². The molecule has 0 fully saturated rings. The molecule has 0 N–H and O–H groups in total. The summed E-state index contributed by atoms with van der Waals surface area (Å²) in [6.07, 6.45) is 1.24. The van der Waals surface area contributed by atoms with E-state index in [1.807, 2.05) is 37.3 Å². The van der Waals surface area contributed by atoms with Crippen molar-refractivity contribution in [2.45, 2.75) is 19.8 Å². The fourth-order valence-corrected chi connectivity index (χ4v) is 2.08. The largest absolute Gasteiger partial charge is 0.287 e. The molecule has 0 aliphatic carbocycles. The summed E-state index contributed by atoms with van der Waals surface area (Å²) in [5, 5.41) is 0.144. The van der Waals surface area contributed by atoms with E-state index in [1.165, 1.54) is 11.8 Å². The smallest absolute Gasteiger partial charge is 0.193 e. The van der Waals surface area contributed by atoms with Crippen LogP contribution in [0.25, 0.3) is 0 Å². The number of hydrogen-bond donors (Lipinski definition) is 0. The molecule has 1 aromatic carbocycles. The van der Waals surface area contributed by atoms with Crippen molar-refractivity contribution in [2.75, 3.05) is 0 Å². The first-order valence-electron chi connectivity index (χ1n) is 4.49. The van der Waals surface area contributed by atoms with Crippen molar-refractivity contribution in [3.05, 3.63) is 35.9 Å². The van der Waals surface area contributed by atoms with Crippen molar-refractivity contribution in [3.63, 3.8) is 0 Å². The lowest BCUT2D eigenvalue weighted by molar-refractivity contribution is -0.110. The number of hydrogen-bond acceptors (Lipinski definition) is 3. The third kappa shape index (κ3) is 4.03. The Morgan fingerprint density at radius 2 is 2.00 bits per heavy atom. The lowest BCUT2D eigenvalue weighted by Gasteiger charge is -2.01. The van der Waals surface area contributed by atoms with Crippen LogP contribution in [0.2, 0.25) is 0 Å². The maximum Gasteiger partial charge on any atom is 0.193 e. The first-order valence-corrected chi connectivity index (χ1v) is 5.72. The minimum atomic E-state index is 0.144. The van der Waals surface area contributed by atoms with Gasteiger partial charge in [-0.3, -0.25) is 4.79 Å². The second-order valence-electron chi connectivity index (χ2n) is 2.86. The monoisotopic (exact) mass is 224 g/mol. The van der Waals surface area contributed by atoms with E-state index in [-0.39, 0.29) is 5.12 Å². The molecule has 0 heterocycles. The van der Waals surface area contributed by atoms with Crippen LogP contribution in [-0.4, -0.2) is 9.31 Å². The summed E-state index contributed by atoms with van der Waals surface area (Å²) >= 11 is 6.31. The lowest BCUT2D eigenvalue weighted by Crippen LogP contribution is -1.99. The van der Waals surface area contributed by atoms with E-state index >= 15 is 0 Å². The van der Waals surface area contributed by atoms with E-state index in [4.69, 9.17) is 12.2 Å². The summed E-state index contributed by atoms with van der Waals surface area (Å²) in [6, 6.07) is 9.96. The van der Waals surface area contributed by atoms with Crippen LogP contribution in [-0.2, 0) is 11.2 Å². The van der Waals surface area contributed by atoms with Crippen molar-refractivity contribution in [1.29, 1.82) is 0 Å². The third-order valence-corrected chi connectivity index (χ3v) is 2.99. The standard InChI is InChI=1S/C11H12OS2/c1-2-10(12)14-11(13)8-9-6-4-3-5-7-9/h3-7H,2,8H2,1H3. The molecule has 0 bridgehead atoms. The average molecular weight is 224 g/mol. The summed E-state index contributed by atoms with van der Waals surface area (Å²) < 4.78 is 0.753. The van der Waals surface area contributed by atoms with Crippen LogP contribution in [0, 0.1) is 0 Å². The Bertz CT molecular complexity index is 319. The zero-order chi connectivity index (χ0) is 10.4. The maximum atomic E-state index is 11.1. The highest BCUT2D eigenvalue weighted by Gasteiger charge is 2.05. The average Bonchev–Trinajstić information content (AvgIpc) is 2.19. The van der Waals surface area contributed by atoms with Crippen LogP contribution >= 0.6 is 24.0 Å². The molecule has 14 heavy (non-hydrogen) atoms. The third-order valence-electron chi connectivity index (χ3n) is 1.71. The first kappa shape index (κ1) is 11.4. The minimum Gasteiger partial charge on any atom is -0.287 e. The second-order valence-corrected chi connectivity index (χ2v) is 4.77. The van der Waals surface area contributed by atoms with Gasteiger partial charge in [-0.15, -0.1) is 0 Å². The topological polar surface area (TPSA) is 17.1 Å². The normalized spacial score (nSPS) is 9.79. The van der Waals surface area contributed by atoms with E-state index in [2.05, 4.69) is 0 Å². The number of rotatable bonds is 3. The molecule has 0 saturated carbocycles. The van der Waals surface area contributed by atoms with Gasteiger partial charge >= 0.3 is 0 Å². The Labute approximate surface area is 93.9 Å². The van der Waals surface area contributed by atoms with Crippen LogP contribution in [0.5, 0.6) is 0 Å². The van der Waals surface area contributed by atoms with Gasteiger partial charge < -0.3 is 0 Å². The van der Waals surface area contributed by atoms with E-state index in [1.54, 1.807) is 0 Å². The molecule has 0 spiro atoms. The molecular formula is C11H12OS2. The van der Waals surface area contributed by atoms with Crippen LogP contribution in [0.4, 0.5) is 0 Å². The number of thioether (sulfide) groups is 1. The number of thiocarbonyl (C=S) groups is 1. The van der Waals surface area contributed by atoms with Crippen LogP contribution in [0.15, 0.2) is 30.3 Å². The number of carbonyl (C=O) groups is 1. The molecule has 0 saturated heterocycles. The fraction of sp³-hybridized carbons (Fsp3) is 0.273. The van der Waals surface area contributed by atoms with E-state index in [0.717, 1.165) is 9.76 Å². The predicted octanol–water partition coefficient (Wildman–Crippen LogP) is 3.23. The quantitative estimate of drug-likeness (QED) is 0.734. The first-order chi connectivity index (χ1) is 6.72. The van der Waals surface area contributed by atoms with Crippen molar-refractivity contribution in [1.82, 2.24) is 0 Å². The van der Waals surface area contributed by atoms with Gasteiger partial charge in [0, 0.05) is 12.8 Å². The highest BCUT2D eigenvalue weighted by atomic mass is 32.2. The molecule has 0 aromatic heterocycles. The van der Waals surface area contributed by atoms with Crippen LogP contribution in [0.1, 0.15) is 18.9 Å². The van der Waals surface area contributed by atoms with E-state index in [0.29, 0.717) is 12.8 Å². The number of benzene rings is 1. The van der Waals surface area contributed by atoms with E-state index in [9.17, 15) is 4.79 Å². The molecule has 1 nitrogen and oxygen atoms in total. The second kappa shape index (κ2) is 5.94. The Morgan fingerprint density at radius 3 is 2.57 bits per heavy atom. The van der Waals surface area contributed by atoms with Crippen molar-refractivity contribution < 1.29 is 4.79 Å². The molecule has 1 rings (SSSR count). The zero-order valence-electron chi connectivity index (χ0n) is 8.03.